The highest BCUT2D eigenvalue weighted by Crippen LogP contribution is 2.24. The number of aryl methyl sites for hydroxylation is 1. The minimum absolute atomic E-state index is 0.425. The molecule has 4 nitrogen and oxygen atoms in total. The van der Waals surface area contributed by atoms with Gasteiger partial charge < -0.3 is 4.74 Å². The van der Waals surface area contributed by atoms with E-state index in [0.29, 0.717) is 17.1 Å². The molecule has 0 saturated heterocycles. The molecule has 118 valence electrons. The number of nitrogens with zero attached hydrogens (tertiary/aromatic N) is 2. The van der Waals surface area contributed by atoms with Crippen LogP contribution in [0.1, 0.15) is 27.2 Å². The summed E-state index contributed by atoms with van der Waals surface area (Å²) in [4.78, 5) is 19.1. The molecule has 0 aliphatic heterocycles. The summed E-state index contributed by atoms with van der Waals surface area (Å²) >= 11 is 0. The van der Waals surface area contributed by atoms with Crippen LogP contribution in [0.5, 0.6) is 11.5 Å². The van der Waals surface area contributed by atoms with Crippen LogP contribution in [0.2, 0.25) is 0 Å². The molecule has 0 radical (unpaired) electrons. The van der Waals surface area contributed by atoms with E-state index in [1.807, 2.05) is 55.5 Å². The van der Waals surface area contributed by atoms with Gasteiger partial charge in [-0.05, 0) is 48.4 Å². The quantitative estimate of drug-likeness (QED) is 0.647. The van der Waals surface area contributed by atoms with Crippen LogP contribution in [0, 0.1) is 6.92 Å². The third-order valence-electron chi connectivity index (χ3n) is 3.43. The van der Waals surface area contributed by atoms with Crippen molar-refractivity contribution in [1.29, 1.82) is 0 Å². The Hall–Kier alpha value is -3.27. The van der Waals surface area contributed by atoms with Gasteiger partial charge in [0.15, 0.2) is 6.29 Å². The van der Waals surface area contributed by atoms with Gasteiger partial charge in [-0.15, -0.1) is 0 Å². The highest BCUT2D eigenvalue weighted by molar-refractivity contribution is 5.78. The SMILES string of the molecule is Cc1cc(/C=C/c2ccc(Oc3ccncc3C=O)cc2)ccn1. The van der Waals surface area contributed by atoms with Gasteiger partial charge in [0.2, 0.25) is 0 Å². The maximum absolute atomic E-state index is 11.0. The molecule has 0 unspecified atom stereocenters. The van der Waals surface area contributed by atoms with Crippen molar-refractivity contribution in [2.75, 3.05) is 0 Å². The summed E-state index contributed by atoms with van der Waals surface area (Å²) in [6.07, 6.45) is 9.67. The lowest BCUT2D eigenvalue weighted by Crippen LogP contribution is -1.91. The summed E-state index contributed by atoms with van der Waals surface area (Å²) in [7, 11) is 0. The molecule has 4 heteroatoms. The summed E-state index contributed by atoms with van der Waals surface area (Å²) in [6, 6.07) is 13.3. The fourth-order valence-corrected chi connectivity index (χ4v) is 2.21. The molecular weight excluding hydrogens is 300 g/mol. The van der Waals surface area contributed by atoms with Gasteiger partial charge in [-0.1, -0.05) is 24.3 Å². The van der Waals surface area contributed by atoms with E-state index in [1.165, 1.54) is 6.20 Å². The third-order valence-corrected chi connectivity index (χ3v) is 3.43. The summed E-state index contributed by atoms with van der Waals surface area (Å²) in [5.41, 5.74) is 3.58. The van der Waals surface area contributed by atoms with Crippen LogP contribution in [0.25, 0.3) is 12.2 Å². The van der Waals surface area contributed by atoms with Crippen molar-refractivity contribution in [1.82, 2.24) is 9.97 Å². The molecule has 0 atom stereocenters. The van der Waals surface area contributed by atoms with Crippen molar-refractivity contribution in [2.45, 2.75) is 6.92 Å². The number of rotatable bonds is 5. The lowest BCUT2D eigenvalue weighted by Gasteiger charge is -2.07. The van der Waals surface area contributed by atoms with E-state index in [-0.39, 0.29) is 0 Å². The first-order chi connectivity index (χ1) is 11.7. The van der Waals surface area contributed by atoms with E-state index in [4.69, 9.17) is 4.74 Å². The normalized spacial score (nSPS) is 10.7. The number of ether oxygens (including phenoxy) is 1. The average molecular weight is 316 g/mol. The first-order valence-corrected chi connectivity index (χ1v) is 7.52. The summed E-state index contributed by atoms with van der Waals surface area (Å²) in [5, 5.41) is 0. The molecule has 1 aromatic carbocycles. The molecule has 3 aromatic rings. The molecular formula is C20H16N2O2. The van der Waals surface area contributed by atoms with Crippen LogP contribution in [0.15, 0.2) is 61.1 Å². The van der Waals surface area contributed by atoms with Crippen molar-refractivity contribution < 1.29 is 9.53 Å². The largest absolute Gasteiger partial charge is 0.457 e. The molecule has 0 bridgehead atoms. The Morgan fingerprint density at radius 1 is 0.958 bits per heavy atom. The van der Waals surface area contributed by atoms with Gasteiger partial charge in [-0.3, -0.25) is 14.8 Å². The molecule has 2 aromatic heterocycles. The number of aromatic nitrogens is 2. The Bertz CT molecular complexity index is 871. The molecule has 0 amide bonds. The Balaban J connectivity index is 1.72. The van der Waals surface area contributed by atoms with E-state index in [2.05, 4.69) is 9.97 Å². The lowest BCUT2D eigenvalue weighted by atomic mass is 10.1. The van der Waals surface area contributed by atoms with Gasteiger partial charge in [0.05, 0.1) is 5.56 Å². The van der Waals surface area contributed by atoms with Gasteiger partial charge in [0, 0.05) is 24.3 Å². The molecule has 0 saturated carbocycles. The number of carbonyl (C=O) groups is 1. The second kappa shape index (κ2) is 7.33. The van der Waals surface area contributed by atoms with Gasteiger partial charge in [0.25, 0.3) is 0 Å². The smallest absolute Gasteiger partial charge is 0.155 e. The average Bonchev–Trinajstić information content (AvgIpc) is 2.62. The molecule has 0 spiro atoms. The zero-order chi connectivity index (χ0) is 16.8. The molecule has 24 heavy (non-hydrogen) atoms. The Morgan fingerprint density at radius 2 is 1.75 bits per heavy atom. The first kappa shape index (κ1) is 15.6. The van der Waals surface area contributed by atoms with Crippen LogP contribution in [0.4, 0.5) is 0 Å². The molecule has 3 rings (SSSR count). The second-order valence-electron chi connectivity index (χ2n) is 5.27. The van der Waals surface area contributed by atoms with E-state index in [0.717, 1.165) is 23.1 Å². The standard InChI is InChI=1S/C20H16N2O2/c1-15-12-17(8-11-22-15)3-2-16-4-6-19(7-5-16)24-20-9-10-21-13-18(20)14-23/h2-14H,1H3/b3-2+. The Kier molecular flexibility index (Phi) is 4.77. The molecule has 0 aliphatic carbocycles. The van der Waals surface area contributed by atoms with Crippen LogP contribution >= 0.6 is 0 Å². The number of pyridine rings is 2. The topological polar surface area (TPSA) is 52.1 Å². The predicted molar refractivity (Wildman–Crippen MR) is 94.0 cm³/mol. The van der Waals surface area contributed by atoms with E-state index < -0.39 is 0 Å². The van der Waals surface area contributed by atoms with E-state index >= 15 is 0 Å². The van der Waals surface area contributed by atoms with Crippen molar-refractivity contribution in [3.05, 3.63) is 83.4 Å². The number of hydrogen-bond donors (Lipinski definition) is 0. The molecule has 2 heterocycles. The third kappa shape index (κ3) is 3.93. The van der Waals surface area contributed by atoms with Crippen molar-refractivity contribution in [2.24, 2.45) is 0 Å². The fraction of sp³-hybridized carbons (Fsp3) is 0.0500. The fourth-order valence-electron chi connectivity index (χ4n) is 2.21. The molecule has 0 N–H and O–H groups in total. The summed E-state index contributed by atoms with van der Waals surface area (Å²) < 4.78 is 5.73. The number of carbonyl (C=O) groups excluding carboxylic acids is 1. The summed E-state index contributed by atoms with van der Waals surface area (Å²) in [5.74, 6) is 1.16. The maximum atomic E-state index is 11.0. The van der Waals surface area contributed by atoms with Crippen LogP contribution in [-0.4, -0.2) is 16.3 Å². The highest BCUT2D eigenvalue weighted by Gasteiger charge is 2.03. The summed E-state index contributed by atoms with van der Waals surface area (Å²) in [6.45, 7) is 1.97. The van der Waals surface area contributed by atoms with Crippen LogP contribution < -0.4 is 4.74 Å². The van der Waals surface area contributed by atoms with Crippen LogP contribution in [-0.2, 0) is 0 Å². The number of benzene rings is 1. The highest BCUT2D eigenvalue weighted by atomic mass is 16.5. The van der Waals surface area contributed by atoms with E-state index in [9.17, 15) is 4.79 Å². The Morgan fingerprint density at radius 3 is 2.50 bits per heavy atom. The first-order valence-electron chi connectivity index (χ1n) is 7.52. The second-order valence-corrected chi connectivity index (χ2v) is 5.27. The van der Waals surface area contributed by atoms with Gasteiger partial charge in [0.1, 0.15) is 11.5 Å². The van der Waals surface area contributed by atoms with Crippen molar-refractivity contribution in [3.8, 4) is 11.5 Å². The van der Waals surface area contributed by atoms with Gasteiger partial charge >= 0.3 is 0 Å². The monoisotopic (exact) mass is 316 g/mol. The Labute approximate surface area is 140 Å². The van der Waals surface area contributed by atoms with Crippen molar-refractivity contribution >= 4 is 18.4 Å². The molecule has 0 aliphatic rings. The van der Waals surface area contributed by atoms with E-state index in [1.54, 1.807) is 18.5 Å². The maximum Gasteiger partial charge on any atom is 0.155 e. The van der Waals surface area contributed by atoms with Gasteiger partial charge in [-0.2, -0.15) is 0 Å². The minimum atomic E-state index is 0.425. The van der Waals surface area contributed by atoms with Crippen LogP contribution in [0.3, 0.4) is 0 Å². The van der Waals surface area contributed by atoms with Crippen molar-refractivity contribution in [3.63, 3.8) is 0 Å². The van der Waals surface area contributed by atoms with Gasteiger partial charge in [-0.25, -0.2) is 0 Å². The lowest BCUT2D eigenvalue weighted by molar-refractivity contribution is 0.112. The minimum Gasteiger partial charge on any atom is -0.457 e. The zero-order valence-electron chi connectivity index (χ0n) is 13.2. The number of hydrogen-bond acceptors (Lipinski definition) is 4. The zero-order valence-corrected chi connectivity index (χ0v) is 13.2. The molecule has 0 fully saturated rings. The predicted octanol–water partition coefficient (Wildman–Crippen LogP) is 4.56. The number of aldehydes is 1.